The second-order valence-electron chi connectivity index (χ2n) is 9.60. The van der Waals surface area contributed by atoms with Gasteiger partial charge in [-0.2, -0.15) is 0 Å². The molecule has 7 heteroatoms. The molecule has 0 spiro atoms. The van der Waals surface area contributed by atoms with E-state index in [4.69, 9.17) is 25.7 Å². The van der Waals surface area contributed by atoms with Crippen LogP contribution in [0.5, 0.6) is 5.75 Å². The number of carbonyl (C=O) groups is 2. The molecule has 0 saturated heterocycles. The third-order valence-electron chi connectivity index (χ3n) is 6.65. The average Bonchev–Trinajstić information content (AvgIpc) is 2.90. The molecule has 0 bridgehead atoms. The summed E-state index contributed by atoms with van der Waals surface area (Å²) in [6.45, 7) is 3.23. The number of esters is 2. The van der Waals surface area contributed by atoms with Crippen LogP contribution >= 0.6 is 0 Å². The number of carbonyl (C=O) groups excluding carboxylic acids is 2. The zero-order valence-electron chi connectivity index (χ0n) is 21.8. The zero-order valence-corrected chi connectivity index (χ0v) is 21.8. The van der Waals surface area contributed by atoms with Crippen LogP contribution in [0, 0.1) is 5.92 Å². The second-order valence-corrected chi connectivity index (χ2v) is 9.60. The Labute approximate surface area is 220 Å². The lowest BCUT2D eigenvalue weighted by Gasteiger charge is -2.27. The number of hydrogen-bond acceptors (Lipinski definition) is 7. The van der Waals surface area contributed by atoms with Crippen LogP contribution in [0.2, 0.25) is 0 Å². The summed E-state index contributed by atoms with van der Waals surface area (Å²) in [7, 11) is 0. The molecule has 0 aromatic heterocycles. The molecule has 1 aliphatic rings. The van der Waals surface area contributed by atoms with Crippen molar-refractivity contribution in [3.05, 3.63) is 59.7 Å². The molecule has 4 N–H and O–H groups in total. The Bertz CT molecular complexity index is 1030. The fraction of sp³-hybridized carbons (Fsp3) is 0.467. The van der Waals surface area contributed by atoms with E-state index in [0.29, 0.717) is 23.5 Å². The fourth-order valence-electron chi connectivity index (χ4n) is 4.41. The van der Waals surface area contributed by atoms with Crippen LogP contribution in [0.25, 0.3) is 6.08 Å². The van der Waals surface area contributed by atoms with Gasteiger partial charge < -0.3 is 25.7 Å². The van der Waals surface area contributed by atoms with Crippen molar-refractivity contribution >= 4 is 29.4 Å². The van der Waals surface area contributed by atoms with E-state index in [1.807, 2.05) is 0 Å². The molecule has 3 rings (SSSR count). The second kappa shape index (κ2) is 15.1. The summed E-state index contributed by atoms with van der Waals surface area (Å²) in [4.78, 5) is 24.6. The highest BCUT2D eigenvalue weighted by atomic mass is 16.5. The number of rotatable bonds is 13. The number of nitrogens with two attached hydrogens (primary N) is 2. The first-order valence-corrected chi connectivity index (χ1v) is 13.4. The summed E-state index contributed by atoms with van der Waals surface area (Å²) >= 11 is 0. The highest BCUT2D eigenvalue weighted by Gasteiger charge is 2.28. The summed E-state index contributed by atoms with van der Waals surface area (Å²) in [6.07, 6.45) is 12.0. The van der Waals surface area contributed by atoms with E-state index in [2.05, 4.69) is 6.92 Å². The molecule has 0 radical (unpaired) electrons. The standard InChI is InChI=1S/C30H40N2O5/c1-2-3-4-5-19-35-26-14-9-23(10-15-26)30(34)37-27-12-6-22(7-13-27)8-17-29(33)36-20-18-24-21-25(31)11-16-28(24)32/h6-8,11-13,16-17,21,23,26H,2-5,9-10,14-15,18-20,31-32H2,1H3/b17-8+. The Hall–Kier alpha value is -3.32. The van der Waals surface area contributed by atoms with Gasteiger partial charge in [0.2, 0.25) is 0 Å². The van der Waals surface area contributed by atoms with E-state index >= 15 is 0 Å². The van der Waals surface area contributed by atoms with Gasteiger partial charge >= 0.3 is 11.9 Å². The normalized spacial score (nSPS) is 17.5. The Balaban J connectivity index is 1.35. The van der Waals surface area contributed by atoms with Crippen molar-refractivity contribution in [1.82, 2.24) is 0 Å². The summed E-state index contributed by atoms with van der Waals surface area (Å²) in [5.74, 6) is -0.219. The Morgan fingerprint density at radius 1 is 0.946 bits per heavy atom. The molecular formula is C30H40N2O5. The van der Waals surface area contributed by atoms with E-state index in [9.17, 15) is 9.59 Å². The van der Waals surface area contributed by atoms with Gasteiger partial charge in [-0.15, -0.1) is 0 Å². The third-order valence-corrected chi connectivity index (χ3v) is 6.65. The summed E-state index contributed by atoms with van der Waals surface area (Å²) < 4.78 is 16.8. The number of ether oxygens (including phenoxy) is 3. The van der Waals surface area contributed by atoms with E-state index < -0.39 is 5.97 Å². The van der Waals surface area contributed by atoms with Gasteiger partial charge in [0.25, 0.3) is 0 Å². The number of hydrogen-bond donors (Lipinski definition) is 2. The molecule has 0 atom stereocenters. The highest BCUT2D eigenvalue weighted by Crippen LogP contribution is 2.28. The van der Waals surface area contributed by atoms with E-state index in [1.165, 1.54) is 25.3 Å². The minimum absolute atomic E-state index is 0.0861. The van der Waals surface area contributed by atoms with Crippen molar-refractivity contribution in [2.24, 2.45) is 5.92 Å². The van der Waals surface area contributed by atoms with Gasteiger partial charge in [-0.05, 0) is 79.6 Å². The van der Waals surface area contributed by atoms with Gasteiger partial charge in [0, 0.05) is 30.5 Å². The summed E-state index contributed by atoms with van der Waals surface area (Å²) in [5, 5.41) is 0. The molecular weight excluding hydrogens is 468 g/mol. The van der Waals surface area contributed by atoms with Crippen LogP contribution < -0.4 is 16.2 Å². The molecule has 0 amide bonds. The maximum atomic E-state index is 12.6. The number of nitrogen functional groups attached to an aromatic ring is 2. The molecule has 1 saturated carbocycles. The lowest BCUT2D eigenvalue weighted by molar-refractivity contribution is -0.141. The summed E-state index contributed by atoms with van der Waals surface area (Å²) in [6, 6.07) is 12.3. The van der Waals surface area contributed by atoms with Crippen LogP contribution in [0.15, 0.2) is 48.5 Å². The molecule has 0 aliphatic heterocycles. The maximum absolute atomic E-state index is 12.6. The first-order chi connectivity index (χ1) is 17.9. The number of benzene rings is 2. The van der Waals surface area contributed by atoms with E-state index in [-0.39, 0.29) is 24.6 Å². The largest absolute Gasteiger partial charge is 0.462 e. The van der Waals surface area contributed by atoms with Crippen molar-refractivity contribution in [2.75, 3.05) is 24.7 Å². The fourth-order valence-corrected chi connectivity index (χ4v) is 4.41. The van der Waals surface area contributed by atoms with Gasteiger partial charge in [-0.3, -0.25) is 4.79 Å². The van der Waals surface area contributed by atoms with Crippen molar-refractivity contribution in [3.8, 4) is 5.75 Å². The van der Waals surface area contributed by atoms with Crippen LogP contribution in [-0.4, -0.2) is 31.3 Å². The maximum Gasteiger partial charge on any atom is 0.330 e. The van der Waals surface area contributed by atoms with Crippen molar-refractivity contribution < 1.29 is 23.8 Å². The Kier molecular flexibility index (Phi) is 11.5. The lowest BCUT2D eigenvalue weighted by Crippen LogP contribution is -2.29. The van der Waals surface area contributed by atoms with Crippen LogP contribution in [-0.2, 0) is 25.5 Å². The topological polar surface area (TPSA) is 114 Å². The number of anilines is 2. The smallest absolute Gasteiger partial charge is 0.330 e. The minimum Gasteiger partial charge on any atom is -0.462 e. The van der Waals surface area contributed by atoms with E-state index in [0.717, 1.165) is 49.8 Å². The Morgan fingerprint density at radius 2 is 1.70 bits per heavy atom. The first kappa shape index (κ1) is 28.3. The lowest BCUT2D eigenvalue weighted by atomic mass is 9.87. The molecule has 0 unspecified atom stereocenters. The SMILES string of the molecule is CCCCCCOC1CCC(C(=O)Oc2ccc(/C=C/C(=O)OCCc3cc(N)ccc3N)cc2)CC1. The van der Waals surface area contributed by atoms with Gasteiger partial charge in [0.15, 0.2) is 0 Å². The molecule has 0 heterocycles. The Morgan fingerprint density at radius 3 is 2.43 bits per heavy atom. The quantitative estimate of drug-likeness (QED) is 0.117. The predicted octanol–water partition coefficient (Wildman–Crippen LogP) is 5.71. The number of unbranched alkanes of at least 4 members (excludes halogenated alkanes) is 3. The van der Waals surface area contributed by atoms with Gasteiger partial charge in [-0.25, -0.2) is 4.79 Å². The predicted molar refractivity (Wildman–Crippen MR) is 147 cm³/mol. The van der Waals surface area contributed by atoms with Crippen LogP contribution in [0.4, 0.5) is 11.4 Å². The van der Waals surface area contributed by atoms with Crippen LogP contribution in [0.3, 0.4) is 0 Å². The van der Waals surface area contributed by atoms with E-state index in [1.54, 1.807) is 48.5 Å². The van der Waals surface area contributed by atoms with Gasteiger partial charge in [0.05, 0.1) is 18.6 Å². The zero-order chi connectivity index (χ0) is 26.5. The van der Waals surface area contributed by atoms with Crippen molar-refractivity contribution in [2.45, 2.75) is 70.8 Å². The van der Waals surface area contributed by atoms with Crippen LogP contribution in [0.1, 0.15) is 69.4 Å². The highest BCUT2D eigenvalue weighted by molar-refractivity contribution is 5.87. The molecule has 2 aromatic carbocycles. The van der Waals surface area contributed by atoms with Gasteiger partial charge in [-0.1, -0.05) is 38.3 Å². The summed E-state index contributed by atoms with van der Waals surface area (Å²) in [5.41, 5.74) is 14.6. The molecule has 1 fully saturated rings. The van der Waals surface area contributed by atoms with Gasteiger partial charge in [0.1, 0.15) is 5.75 Å². The van der Waals surface area contributed by atoms with Crippen molar-refractivity contribution in [3.63, 3.8) is 0 Å². The molecule has 7 nitrogen and oxygen atoms in total. The minimum atomic E-state index is -0.446. The molecule has 37 heavy (non-hydrogen) atoms. The molecule has 200 valence electrons. The third kappa shape index (κ3) is 9.92. The average molecular weight is 509 g/mol. The monoisotopic (exact) mass is 508 g/mol. The van der Waals surface area contributed by atoms with Crippen molar-refractivity contribution in [1.29, 1.82) is 0 Å². The molecule has 2 aromatic rings. The molecule has 1 aliphatic carbocycles. The first-order valence-electron chi connectivity index (χ1n) is 13.4.